The Labute approximate surface area is 206 Å². The molecule has 1 saturated heterocycles. The van der Waals surface area contributed by atoms with Crippen LogP contribution in [0.5, 0.6) is 0 Å². The predicted molar refractivity (Wildman–Crippen MR) is 133 cm³/mol. The van der Waals surface area contributed by atoms with Crippen molar-refractivity contribution >= 4 is 48.3 Å². The number of fused-ring (bicyclic) bond motifs is 1. The van der Waals surface area contributed by atoms with E-state index < -0.39 is 9.84 Å². The lowest BCUT2D eigenvalue weighted by Crippen LogP contribution is -2.26. The van der Waals surface area contributed by atoms with Crippen LogP contribution < -0.4 is 5.56 Å². The lowest BCUT2D eigenvalue weighted by Gasteiger charge is -2.20. The molecule has 1 aliphatic heterocycles. The molecule has 1 fully saturated rings. The van der Waals surface area contributed by atoms with Crippen LogP contribution in [0.4, 0.5) is 0 Å². The van der Waals surface area contributed by atoms with E-state index in [4.69, 9.17) is 16.3 Å². The van der Waals surface area contributed by atoms with Gasteiger partial charge in [0.15, 0.2) is 9.84 Å². The van der Waals surface area contributed by atoms with E-state index in [9.17, 15) is 13.2 Å². The van der Waals surface area contributed by atoms with Crippen molar-refractivity contribution in [1.82, 2.24) is 14.5 Å². The first-order valence-corrected chi connectivity index (χ1v) is 13.6. The lowest BCUT2D eigenvalue weighted by molar-refractivity contribution is 0.140. The molecule has 2 aromatic carbocycles. The number of rotatable bonds is 6. The van der Waals surface area contributed by atoms with Gasteiger partial charge in [-0.05, 0) is 47.9 Å². The SMILES string of the molecule is CCS(=O)(=O)c1ccc(Cl)cc1Cn1cnc2cc(CN3CCCOCC3)c(Br)cc2c1=O. The first-order chi connectivity index (χ1) is 15.8. The fourth-order valence-electron chi connectivity index (χ4n) is 3.97. The molecule has 0 amide bonds. The van der Waals surface area contributed by atoms with Crippen molar-refractivity contribution in [3.05, 3.63) is 67.6 Å². The summed E-state index contributed by atoms with van der Waals surface area (Å²) in [5.41, 5.74) is 1.88. The minimum absolute atomic E-state index is 0.0363. The van der Waals surface area contributed by atoms with E-state index >= 15 is 0 Å². The third-order valence-electron chi connectivity index (χ3n) is 5.78. The molecular weight excluding hydrogens is 530 g/mol. The monoisotopic (exact) mass is 553 g/mol. The molecule has 0 aliphatic carbocycles. The topological polar surface area (TPSA) is 81.5 Å². The number of benzene rings is 2. The average Bonchev–Trinajstić information content (AvgIpc) is 3.05. The molecule has 0 spiro atoms. The largest absolute Gasteiger partial charge is 0.380 e. The average molecular weight is 555 g/mol. The maximum absolute atomic E-state index is 13.2. The van der Waals surface area contributed by atoms with Gasteiger partial charge in [0.1, 0.15) is 0 Å². The van der Waals surface area contributed by atoms with Crippen molar-refractivity contribution in [2.45, 2.75) is 31.3 Å². The van der Waals surface area contributed by atoms with Crippen molar-refractivity contribution in [2.24, 2.45) is 0 Å². The molecule has 1 aromatic heterocycles. The Bertz CT molecular complexity index is 1340. The van der Waals surface area contributed by atoms with Gasteiger partial charge in [0, 0.05) is 35.7 Å². The summed E-state index contributed by atoms with van der Waals surface area (Å²) in [6, 6.07) is 8.36. The van der Waals surface area contributed by atoms with Gasteiger partial charge in [-0.2, -0.15) is 0 Å². The molecule has 3 aromatic rings. The van der Waals surface area contributed by atoms with E-state index in [1.54, 1.807) is 25.1 Å². The van der Waals surface area contributed by atoms with Crippen LogP contribution in [-0.2, 0) is 27.7 Å². The Kier molecular flexibility index (Phi) is 7.55. The molecule has 33 heavy (non-hydrogen) atoms. The van der Waals surface area contributed by atoms with Crippen molar-refractivity contribution in [3.63, 3.8) is 0 Å². The summed E-state index contributed by atoms with van der Waals surface area (Å²) in [6.45, 7) is 5.71. The van der Waals surface area contributed by atoms with Gasteiger partial charge in [-0.3, -0.25) is 14.3 Å². The highest BCUT2D eigenvalue weighted by Crippen LogP contribution is 2.25. The Morgan fingerprint density at radius 3 is 2.73 bits per heavy atom. The van der Waals surface area contributed by atoms with Gasteiger partial charge in [0.05, 0.1) is 41.0 Å². The molecule has 0 saturated carbocycles. The maximum Gasteiger partial charge on any atom is 0.261 e. The molecule has 10 heteroatoms. The van der Waals surface area contributed by atoms with E-state index in [0.29, 0.717) is 28.1 Å². The third kappa shape index (κ3) is 5.49. The first-order valence-electron chi connectivity index (χ1n) is 10.8. The normalized spacial score (nSPS) is 15.6. The molecular formula is C23H25BrClN3O4S. The Morgan fingerprint density at radius 1 is 1.12 bits per heavy atom. The van der Waals surface area contributed by atoms with E-state index in [1.165, 1.54) is 17.0 Å². The molecule has 7 nitrogen and oxygen atoms in total. The Balaban J connectivity index is 1.68. The second kappa shape index (κ2) is 10.2. The fourth-order valence-corrected chi connectivity index (χ4v) is 5.74. The minimum Gasteiger partial charge on any atom is -0.380 e. The molecule has 0 bridgehead atoms. The zero-order valence-electron chi connectivity index (χ0n) is 18.3. The standard InChI is InChI=1S/C23H25BrClN3O4S/c1-2-33(30,31)22-5-4-18(25)10-17(22)14-28-15-26-21-11-16(20(24)12-19(21)23(28)29)13-27-6-3-8-32-9-7-27/h4-5,10-12,15H,2-3,6-9,13-14H2,1H3. The van der Waals surface area contributed by atoms with E-state index in [1.807, 2.05) is 6.07 Å². The van der Waals surface area contributed by atoms with Gasteiger partial charge in [-0.1, -0.05) is 34.5 Å². The number of aromatic nitrogens is 2. The van der Waals surface area contributed by atoms with Crippen LogP contribution in [0, 0.1) is 0 Å². The second-order valence-corrected chi connectivity index (χ2v) is 11.6. The molecule has 0 N–H and O–H groups in total. The van der Waals surface area contributed by atoms with Crippen molar-refractivity contribution in [2.75, 3.05) is 32.1 Å². The summed E-state index contributed by atoms with van der Waals surface area (Å²) in [6.07, 6.45) is 2.46. The Hall–Kier alpha value is -1.78. The molecule has 0 radical (unpaired) electrons. The van der Waals surface area contributed by atoms with E-state index in [2.05, 4.69) is 25.8 Å². The zero-order valence-corrected chi connectivity index (χ0v) is 21.4. The molecule has 1 aliphatic rings. The Morgan fingerprint density at radius 2 is 1.94 bits per heavy atom. The van der Waals surface area contributed by atoms with Crippen LogP contribution in [0.15, 0.2) is 50.8 Å². The first kappa shape index (κ1) is 24.3. The number of hydrogen-bond donors (Lipinski definition) is 0. The predicted octanol–water partition coefficient (Wildman–Crippen LogP) is 3.88. The number of nitrogens with zero attached hydrogens (tertiary/aromatic N) is 3. The molecule has 2 heterocycles. The summed E-state index contributed by atoms with van der Waals surface area (Å²) >= 11 is 9.74. The third-order valence-corrected chi connectivity index (χ3v) is 8.58. The number of sulfone groups is 1. The van der Waals surface area contributed by atoms with Gasteiger partial charge >= 0.3 is 0 Å². The van der Waals surface area contributed by atoms with Crippen LogP contribution in [0.3, 0.4) is 0 Å². The van der Waals surface area contributed by atoms with Gasteiger partial charge in [0.25, 0.3) is 5.56 Å². The summed E-state index contributed by atoms with van der Waals surface area (Å²) in [5, 5.41) is 0.877. The van der Waals surface area contributed by atoms with E-state index in [0.717, 1.165) is 42.7 Å². The summed E-state index contributed by atoms with van der Waals surface area (Å²) in [7, 11) is -3.47. The van der Waals surface area contributed by atoms with Crippen LogP contribution in [0.2, 0.25) is 5.02 Å². The van der Waals surface area contributed by atoms with E-state index in [-0.39, 0.29) is 22.8 Å². The summed E-state index contributed by atoms with van der Waals surface area (Å²) in [5.74, 6) is -0.0363. The highest BCUT2D eigenvalue weighted by atomic mass is 79.9. The van der Waals surface area contributed by atoms with Crippen molar-refractivity contribution in [3.8, 4) is 0 Å². The highest BCUT2D eigenvalue weighted by Gasteiger charge is 2.19. The highest BCUT2D eigenvalue weighted by molar-refractivity contribution is 9.10. The van der Waals surface area contributed by atoms with Crippen molar-refractivity contribution < 1.29 is 13.2 Å². The molecule has 176 valence electrons. The smallest absolute Gasteiger partial charge is 0.261 e. The van der Waals surface area contributed by atoms with Gasteiger partial charge < -0.3 is 4.74 Å². The maximum atomic E-state index is 13.2. The van der Waals surface area contributed by atoms with Gasteiger partial charge in [-0.15, -0.1) is 0 Å². The van der Waals surface area contributed by atoms with Crippen LogP contribution >= 0.6 is 27.5 Å². The number of hydrogen-bond acceptors (Lipinski definition) is 6. The minimum atomic E-state index is -3.47. The van der Waals surface area contributed by atoms with Crippen LogP contribution in [0.1, 0.15) is 24.5 Å². The van der Waals surface area contributed by atoms with Crippen LogP contribution in [-0.4, -0.2) is 54.9 Å². The molecule has 0 atom stereocenters. The fraction of sp³-hybridized carbons (Fsp3) is 0.391. The number of ether oxygens (including phenoxy) is 1. The van der Waals surface area contributed by atoms with Crippen molar-refractivity contribution in [1.29, 1.82) is 0 Å². The second-order valence-electron chi connectivity index (χ2n) is 8.04. The summed E-state index contributed by atoms with van der Waals surface area (Å²) in [4.78, 5) is 20.3. The molecule has 0 unspecified atom stereocenters. The van der Waals surface area contributed by atoms with Gasteiger partial charge in [0.2, 0.25) is 0 Å². The van der Waals surface area contributed by atoms with Gasteiger partial charge in [-0.25, -0.2) is 13.4 Å². The lowest BCUT2D eigenvalue weighted by atomic mass is 10.1. The quantitative estimate of drug-likeness (QED) is 0.460. The molecule has 4 rings (SSSR count). The summed E-state index contributed by atoms with van der Waals surface area (Å²) < 4.78 is 32.8. The number of halogens is 2. The zero-order chi connectivity index (χ0) is 23.6. The van der Waals surface area contributed by atoms with Crippen LogP contribution in [0.25, 0.3) is 10.9 Å².